The van der Waals surface area contributed by atoms with Crippen molar-refractivity contribution in [3.63, 3.8) is 0 Å². The zero-order valence-corrected chi connectivity index (χ0v) is 11.6. The lowest BCUT2D eigenvalue weighted by atomic mass is 10.1. The SMILES string of the molecule is Cc1ccc([N+](=O)[O-])c(N(C)C[C@@H](C)c2nn[nH]n2)c1. The first-order chi connectivity index (χ1) is 9.49. The maximum atomic E-state index is 11.1. The molecule has 0 spiro atoms. The van der Waals surface area contributed by atoms with Gasteiger partial charge in [0.2, 0.25) is 0 Å². The van der Waals surface area contributed by atoms with Crippen LogP contribution in [-0.4, -0.2) is 39.1 Å². The lowest BCUT2D eigenvalue weighted by Gasteiger charge is -2.22. The van der Waals surface area contributed by atoms with E-state index in [-0.39, 0.29) is 16.5 Å². The molecule has 0 radical (unpaired) electrons. The second-order valence-corrected chi connectivity index (χ2v) is 4.80. The number of benzene rings is 1. The number of aromatic amines is 1. The van der Waals surface area contributed by atoms with Crippen LogP contribution in [0.25, 0.3) is 0 Å². The van der Waals surface area contributed by atoms with E-state index >= 15 is 0 Å². The van der Waals surface area contributed by atoms with Crippen molar-refractivity contribution in [2.75, 3.05) is 18.5 Å². The molecule has 0 bridgehead atoms. The third kappa shape index (κ3) is 2.90. The molecule has 0 aliphatic rings. The molecular weight excluding hydrogens is 260 g/mol. The number of tetrazole rings is 1. The van der Waals surface area contributed by atoms with Crippen molar-refractivity contribution >= 4 is 11.4 Å². The van der Waals surface area contributed by atoms with E-state index in [2.05, 4.69) is 20.6 Å². The monoisotopic (exact) mass is 276 g/mol. The van der Waals surface area contributed by atoms with Crippen LogP contribution in [0.4, 0.5) is 11.4 Å². The van der Waals surface area contributed by atoms with E-state index in [1.807, 2.05) is 25.8 Å². The number of rotatable bonds is 5. The van der Waals surface area contributed by atoms with Gasteiger partial charge in [-0.05, 0) is 18.6 Å². The summed E-state index contributed by atoms with van der Waals surface area (Å²) in [6.07, 6.45) is 0. The summed E-state index contributed by atoms with van der Waals surface area (Å²) in [5.74, 6) is 0.603. The molecule has 0 unspecified atom stereocenters. The largest absolute Gasteiger partial charge is 0.368 e. The number of hydrogen-bond donors (Lipinski definition) is 1. The van der Waals surface area contributed by atoms with Crippen LogP contribution in [0.1, 0.15) is 24.2 Å². The van der Waals surface area contributed by atoms with Gasteiger partial charge in [0.15, 0.2) is 5.82 Å². The molecule has 1 aromatic carbocycles. The summed E-state index contributed by atoms with van der Waals surface area (Å²) in [5, 5.41) is 24.9. The summed E-state index contributed by atoms with van der Waals surface area (Å²) in [6, 6.07) is 5.07. The van der Waals surface area contributed by atoms with Crippen LogP contribution >= 0.6 is 0 Å². The zero-order chi connectivity index (χ0) is 14.7. The second kappa shape index (κ2) is 5.64. The smallest absolute Gasteiger partial charge is 0.292 e. The summed E-state index contributed by atoms with van der Waals surface area (Å²) in [7, 11) is 1.82. The number of nitro benzene ring substituents is 1. The highest BCUT2D eigenvalue weighted by Crippen LogP contribution is 2.29. The third-order valence-corrected chi connectivity index (χ3v) is 3.09. The summed E-state index contributed by atoms with van der Waals surface area (Å²) in [5.41, 5.74) is 1.66. The normalized spacial score (nSPS) is 12.2. The van der Waals surface area contributed by atoms with Crippen LogP contribution in [0.5, 0.6) is 0 Å². The molecule has 0 aliphatic carbocycles. The average Bonchev–Trinajstić information content (AvgIpc) is 2.92. The molecule has 2 rings (SSSR count). The first-order valence-corrected chi connectivity index (χ1v) is 6.18. The average molecular weight is 276 g/mol. The molecule has 1 atom stereocenters. The topological polar surface area (TPSA) is 101 Å². The van der Waals surface area contributed by atoms with E-state index in [0.717, 1.165) is 5.56 Å². The number of aromatic nitrogens is 4. The molecule has 0 saturated heterocycles. The highest BCUT2D eigenvalue weighted by atomic mass is 16.6. The number of nitrogens with one attached hydrogen (secondary N) is 1. The van der Waals surface area contributed by atoms with Crippen molar-refractivity contribution in [1.29, 1.82) is 0 Å². The van der Waals surface area contributed by atoms with E-state index in [4.69, 9.17) is 0 Å². The van der Waals surface area contributed by atoms with Gasteiger partial charge < -0.3 is 4.90 Å². The van der Waals surface area contributed by atoms with Gasteiger partial charge in [-0.3, -0.25) is 10.1 Å². The number of aryl methyl sites for hydroxylation is 1. The van der Waals surface area contributed by atoms with Gasteiger partial charge in [-0.25, -0.2) is 0 Å². The number of anilines is 1. The predicted molar refractivity (Wildman–Crippen MR) is 73.7 cm³/mol. The van der Waals surface area contributed by atoms with Crippen molar-refractivity contribution < 1.29 is 4.92 Å². The van der Waals surface area contributed by atoms with E-state index < -0.39 is 0 Å². The van der Waals surface area contributed by atoms with Crippen LogP contribution in [0.15, 0.2) is 18.2 Å². The predicted octanol–water partition coefficient (Wildman–Crippen LogP) is 1.66. The van der Waals surface area contributed by atoms with Crippen molar-refractivity contribution in [3.05, 3.63) is 39.7 Å². The molecule has 1 heterocycles. The number of hydrogen-bond acceptors (Lipinski definition) is 6. The molecular formula is C12H16N6O2. The number of nitro groups is 1. The Balaban J connectivity index is 2.22. The first kappa shape index (κ1) is 13.9. The maximum Gasteiger partial charge on any atom is 0.292 e. The molecule has 0 saturated carbocycles. The number of H-pyrrole nitrogens is 1. The fourth-order valence-corrected chi connectivity index (χ4v) is 2.06. The highest BCUT2D eigenvalue weighted by molar-refractivity contribution is 5.64. The standard InChI is InChI=1S/C12H16N6O2/c1-8-4-5-10(18(19)20)11(6-8)17(3)7-9(2)12-13-15-16-14-12/h4-6,9H,7H2,1-3H3,(H,13,14,15,16)/t9-/m1/s1. The molecule has 0 amide bonds. The van der Waals surface area contributed by atoms with E-state index in [1.165, 1.54) is 6.07 Å². The maximum absolute atomic E-state index is 11.1. The summed E-state index contributed by atoms with van der Waals surface area (Å²) in [4.78, 5) is 12.6. The molecule has 20 heavy (non-hydrogen) atoms. The van der Waals surface area contributed by atoms with Crippen LogP contribution in [0, 0.1) is 17.0 Å². The van der Waals surface area contributed by atoms with Crippen LogP contribution in [-0.2, 0) is 0 Å². The van der Waals surface area contributed by atoms with Gasteiger partial charge in [-0.1, -0.05) is 18.2 Å². The van der Waals surface area contributed by atoms with E-state index in [9.17, 15) is 10.1 Å². The molecule has 0 aliphatic heterocycles. The minimum atomic E-state index is -0.371. The van der Waals surface area contributed by atoms with Gasteiger partial charge in [0.25, 0.3) is 5.69 Å². The minimum Gasteiger partial charge on any atom is -0.368 e. The van der Waals surface area contributed by atoms with Crippen LogP contribution < -0.4 is 4.90 Å². The Morgan fingerprint density at radius 2 is 2.25 bits per heavy atom. The highest BCUT2D eigenvalue weighted by Gasteiger charge is 2.20. The van der Waals surface area contributed by atoms with Gasteiger partial charge in [0.05, 0.1) is 4.92 Å². The Kier molecular flexibility index (Phi) is 3.92. The Bertz CT molecular complexity index is 598. The Labute approximate surface area is 115 Å². The quantitative estimate of drug-likeness (QED) is 0.658. The summed E-state index contributed by atoms with van der Waals surface area (Å²) < 4.78 is 0. The van der Waals surface area contributed by atoms with Crippen LogP contribution in [0.3, 0.4) is 0 Å². The second-order valence-electron chi connectivity index (χ2n) is 4.80. The molecule has 8 nitrogen and oxygen atoms in total. The lowest BCUT2D eigenvalue weighted by Crippen LogP contribution is -2.24. The van der Waals surface area contributed by atoms with Crippen molar-refractivity contribution in [1.82, 2.24) is 20.6 Å². The van der Waals surface area contributed by atoms with Gasteiger partial charge in [-0.15, -0.1) is 10.2 Å². The van der Waals surface area contributed by atoms with Crippen LogP contribution in [0.2, 0.25) is 0 Å². The fourth-order valence-electron chi connectivity index (χ4n) is 2.06. The molecule has 2 aromatic rings. The van der Waals surface area contributed by atoms with E-state index in [0.29, 0.717) is 18.1 Å². The molecule has 0 fully saturated rings. The van der Waals surface area contributed by atoms with Crippen molar-refractivity contribution in [2.45, 2.75) is 19.8 Å². The number of nitrogens with zero attached hydrogens (tertiary/aromatic N) is 5. The van der Waals surface area contributed by atoms with Crippen molar-refractivity contribution in [3.8, 4) is 0 Å². The Morgan fingerprint density at radius 3 is 2.85 bits per heavy atom. The molecule has 1 N–H and O–H groups in total. The molecule has 8 heteroatoms. The third-order valence-electron chi connectivity index (χ3n) is 3.09. The molecule has 106 valence electrons. The first-order valence-electron chi connectivity index (χ1n) is 6.18. The summed E-state index contributed by atoms with van der Waals surface area (Å²) >= 11 is 0. The minimum absolute atomic E-state index is 0.0128. The molecule has 1 aromatic heterocycles. The van der Waals surface area contributed by atoms with Gasteiger partial charge in [-0.2, -0.15) is 5.21 Å². The lowest BCUT2D eigenvalue weighted by molar-refractivity contribution is -0.384. The Morgan fingerprint density at radius 1 is 1.50 bits per heavy atom. The Hall–Kier alpha value is -2.51. The number of likely N-dealkylation sites (N-methyl/N-ethyl adjacent to an activating group) is 1. The van der Waals surface area contributed by atoms with Gasteiger partial charge >= 0.3 is 0 Å². The van der Waals surface area contributed by atoms with Gasteiger partial charge in [0.1, 0.15) is 5.69 Å². The van der Waals surface area contributed by atoms with Gasteiger partial charge in [0, 0.05) is 25.6 Å². The zero-order valence-electron chi connectivity index (χ0n) is 11.6. The summed E-state index contributed by atoms with van der Waals surface area (Å²) in [6.45, 7) is 4.41. The fraction of sp³-hybridized carbons (Fsp3) is 0.417. The van der Waals surface area contributed by atoms with E-state index in [1.54, 1.807) is 12.1 Å². The van der Waals surface area contributed by atoms with Crippen molar-refractivity contribution in [2.24, 2.45) is 0 Å².